The van der Waals surface area contributed by atoms with Gasteiger partial charge in [-0.25, -0.2) is 5.01 Å². The highest BCUT2D eigenvalue weighted by molar-refractivity contribution is 9.10. The molecule has 8 heteroatoms. The Labute approximate surface area is 221 Å². The summed E-state index contributed by atoms with van der Waals surface area (Å²) in [4.78, 5) is 25.6. The van der Waals surface area contributed by atoms with Gasteiger partial charge < -0.3 is 9.47 Å². The molecule has 5 rings (SSSR count). The van der Waals surface area contributed by atoms with E-state index in [0.29, 0.717) is 27.2 Å². The van der Waals surface area contributed by atoms with Crippen molar-refractivity contribution in [2.75, 3.05) is 12.1 Å². The van der Waals surface area contributed by atoms with E-state index in [0.717, 1.165) is 16.3 Å². The maximum Gasteiger partial charge on any atom is 0.282 e. The number of halogens is 2. The average Bonchev–Trinajstić information content (AvgIpc) is 3.19. The Hall–Kier alpha value is -3.81. The van der Waals surface area contributed by atoms with Crippen molar-refractivity contribution < 1.29 is 19.1 Å². The molecule has 0 saturated carbocycles. The minimum absolute atomic E-state index is 0.0258. The van der Waals surface area contributed by atoms with Crippen LogP contribution in [0, 0.1) is 0 Å². The van der Waals surface area contributed by atoms with Gasteiger partial charge in [0, 0.05) is 4.47 Å². The number of anilines is 1. The number of methoxy groups -OCH3 is 1. The summed E-state index contributed by atoms with van der Waals surface area (Å²) in [6.07, 6.45) is 1.48. The van der Waals surface area contributed by atoms with Crippen LogP contribution in [0.3, 0.4) is 0 Å². The normalized spacial score (nSPS) is 14.4. The molecular weight excluding hydrogens is 544 g/mol. The molecule has 0 spiro atoms. The van der Waals surface area contributed by atoms with Crippen LogP contribution >= 0.6 is 27.5 Å². The topological polar surface area (TPSA) is 67.9 Å². The molecule has 180 valence electrons. The number of hydrogen-bond acceptors (Lipinski definition) is 4. The number of hydrazine groups is 1. The highest BCUT2D eigenvalue weighted by Gasteiger charge is 2.34. The van der Waals surface area contributed by atoms with E-state index in [1.807, 2.05) is 48.5 Å². The number of carbonyl (C=O) groups excluding carboxylic acids is 2. The van der Waals surface area contributed by atoms with Crippen molar-refractivity contribution in [2.45, 2.75) is 6.61 Å². The number of carbonyl (C=O) groups is 2. The summed E-state index contributed by atoms with van der Waals surface area (Å²) in [7, 11) is 1.51. The van der Waals surface area contributed by atoms with Crippen molar-refractivity contribution in [3.05, 3.63) is 105 Å². The molecule has 1 heterocycles. The number of ether oxygens (including phenoxy) is 2. The van der Waals surface area contributed by atoms with E-state index in [1.54, 1.807) is 30.3 Å². The molecule has 0 atom stereocenters. The fraction of sp³-hybridized carbons (Fsp3) is 0.0714. The van der Waals surface area contributed by atoms with Gasteiger partial charge in [0.05, 0.1) is 12.8 Å². The number of nitrogens with one attached hydrogen (secondary N) is 1. The summed E-state index contributed by atoms with van der Waals surface area (Å²) in [5.41, 5.74) is 4.63. The van der Waals surface area contributed by atoms with Crippen molar-refractivity contribution in [2.24, 2.45) is 0 Å². The van der Waals surface area contributed by atoms with Crippen molar-refractivity contribution in [1.82, 2.24) is 5.43 Å². The smallest absolute Gasteiger partial charge is 0.282 e. The second kappa shape index (κ2) is 10.0. The van der Waals surface area contributed by atoms with Gasteiger partial charge in [-0.2, -0.15) is 0 Å². The summed E-state index contributed by atoms with van der Waals surface area (Å²) in [6.45, 7) is 0.275. The number of nitrogens with zero attached hydrogens (tertiary/aromatic N) is 1. The third-order valence-corrected chi connectivity index (χ3v) is 7.28. The van der Waals surface area contributed by atoms with Crippen LogP contribution in [0.4, 0.5) is 5.69 Å². The average molecular weight is 564 g/mol. The fourth-order valence-electron chi connectivity index (χ4n) is 4.04. The molecule has 1 aliphatic rings. The van der Waals surface area contributed by atoms with E-state index in [4.69, 9.17) is 21.1 Å². The SMILES string of the molecule is COc1cc(/C=C2/C(=O)NN(c3ccccc3)C2=O)c(Br)c(Cl)c1OCc1cccc2ccccc12. The Morgan fingerprint density at radius 1 is 1.00 bits per heavy atom. The Morgan fingerprint density at radius 3 is 2.50 bits per heavy atom. The number of hydrogen-bond donors (Lipinski definition) is 1. The van der Waals surface area contributed by atoms with Gasteiger partial charge in [-0.05, 0) is 62.1 Å². The first kappa shape index (κ1) is 23.9. The third-order valence-electron chi connectivity index (χ3n) is 5.83. The third kappa shape index (κ3) is 4.43. The van der Waals surface area contributed by atoms with Gasteiger partial charge in [0.1, 0.15) is 17.2 Å². The molecule has 1 N–H and O–H groups in total. The van der Waals surface area contributed by atoms with E-state index in [-0.39, 0.29) is 17.2 Å². The number of rotatable bonds is 6. The summed E-state index contributed by atoms with van der Waals surface area (Å²) in [5, 5.41) is 3.68. The van der Waals surface area contributed by atoms with Gasteiger partial charge in [0.25, 0.3) is 11.8 Å². The molecule has 2 amide bonds. The van der Waals surface area contributed by atoms with Gasteiger partial charge in [0.15, 0.2) is 11.5 Å². The number of para-hydroxylation sites is 1. The van der Waals surface area contributed by atoms with E-state index in [1.165, 1.54) is 18.2 Å². The minimum Gasteiger partial charge on any atom is -0.493 e. The monoisotopic (exact) mass is 562 g/mol. The predicted octanol–water partition coefficient (Wildman–Crippen LogP) is 6.30. The van der Waals surface area contributed by atoms with Gasteiger partial charge in [-0.1, -0.05) is 72.3 Å². The second-order valence-corrected chi connectivity index (χ2v) is 9.20. The molecule has 0 aliphatic carbocycles. The standard InChI is InChI=1S/C28H20BrClN2O4/c1-35-23-15-19(14-22-27(33)31-32(28(22)34)20-11-3-2-4-12-20)24(29)25(30)26(23)36-16-18-10-7-9-17-8-5-6-13-21(17)18/h2-15H,16H2,1H3,(H,31,33)/b22-14-. The van der Waals surface area contributed by atoms with Gasteiger partial charge in [0.2, 0.25) is 0 Å². The van der Waals surface area contributed by atoms with Crippen LogP contribution in [0.25, 0.3) is 16.8 Å². The lowest BCUT2D eigenvalue weighted by Crippen LogP contribution is -2.35. The van der Waals surface area contributed by atoms with E-state index < -0.39 is 11.8 Å². The molecule has 6 nitrogen and oxygen atoms in total. The zero-order valence-corrected chi connectivity index (χ0v) is 21.5. The van der Waals surface area contributed by atoms with Crippen LogP contribution in [-0.2, 0) is 16.2 Å². The first-order valence-electron chi connectivity index (χ1n) is 11.1. The molecular formula is C28H20BrClN2O4. The number of amides is 2. The van der Waals surface area contributed by atoms with Crippen LogP contribution in [0.15, 0.2) is 88.9 Å². The van der Waals surface area contributed by atoms with Crippen LogP contribution in [0.2, 0.25) is 5.02 Å². The Morgan fingerprint density at radius 2 is 1.72 bits per heavy atom. The first-order chi connectivity index (χ1) is 17.5. The summed E-state index contributed by atoms with van der Waals surface area (Å²) >= 11 is 10.2. The van der Waals surface area contributed by atoms with Crippen LogP contribution in [0.5, 0.6) is 11.5 Å². The minimum atomic E-state index is -0.512. The molecule has 4 aromatic carbocycles. The quantitative estimate of drug-likeness (QED) is 0.221. The largest absolute Gasteiger partial charge is 0.493 e. The molecule has 4 aromatic rings. The van der Waals surface area contributed by atoms with E-state index in [9.17, 15) is 9.59 Å². The highest BCUT2D eigenvalue weighted by Crippen LogP contribution is 2.44. The Kier molecular flexibility index (Phi) is 6.67. The van der Waals surface area contributed by atoms with Crippen LogP contribution in [-0.4, -0.2) is 18.9 Å². The Bertz CT molecular complexity index is 1520. The molecule has 0 aromatic heterocycles. The molecule has 1 aliphatic heterocycles. The van der Waals surface area contributed by atoms with Crippen molar-refractivity contribution in [3.63, 3.8) is 0 Å². The van der Waals surface area contributed by atoms with Crippen molar-refractivity contribution in [3.8, 4) is 11.5 Å². The second-order valence-electron chi connectivity index (χ2n) is 8.03. The van der Waals surface area contributed by atoms with Gasteiger partial charge >= 0.3 is 0 Å². The zero-order valence-electron chi connectivity index (χ0n) is 19.1. The van der Waals surface area contributed by atoms with Crippen molar-refractivity contribution >= 4 is 61.9 Å². The lowest BCUT2D eigenvalue weighted by molar-refractivity contribution is -0.117. The molecule has 36 heavy (non-hydrogen) atoms. The first-order valence-corrected chi connectivity index (χ1v) is 12.2. The van der Waals surface area contributed by atoms with E-state index >= 15 is 0 Å². The van der Waals surface area contributed by atoms with Crippen molar-refractivity contribution in [1.29, 1.82) is 0 Å². The zero-order chi connectivity index (χ0) is 25.2. The van der Waals surface area contributed by atoms with Gasteiger partial charge in [-0.15, -0.1) is 0 Å². The number of benzene rings is 4. The van der Waals surface area contributed by atoms with Gasteiger partial charge in [-0.3, -0.25) is 15.0 Å². The lowest BCUT2D eigenvalue weighted by atomic mass is 10.1. The predicted molar refractivity (Wildman–Crippen MR) is 144 cm³/mol. The molecule has 1 fully saturated rings. The fourth-order valence-corrected chi connectivity index (χ4v) is 4.70. The molecule has 1 saturated heterocycles. The van der Waals surface area contributed by atoms with Crippen LogP contribution in [0.1, 0.15) is 11.1 Å². The summed E-state index contributed by atoms with van der Waals surface area (Å²) < 4.78 is 12.1. The molecule has 0 bridgehead atoms. The van der Waals surface area contributed by atoms with E-state index in [2.05, 4.69) is 21.4 Å². The molecule has 0 radical (unpaired) electrons. The number of fused-ring (bicyclic) bond motifs is 1. The Balaban J connectivity index is 1.46. The maximum atomic E-state index is 13.0. The van der Waals surface area contributed by atoms with Crippen LogP contribution < -0.4 is 19.9 Å². The maximum absolute atomic E-state index is 13.0. The molecule has 0 unspecified atom stereocenters. The summed E-state index contributed by atoms with van der Waals surface area (Å²) in [5.74, 6) is -0.248. The highest BCUT2D eigenvalue weighted by atomic mass is 79.9. The summed E-state index contributed by atoms with van der Waals surface area (Å²) in [6, 6.07) is 24.6. The lowest BCUT2D eigenvalue weighted by Gasteiger charge is -2.16.